The minimum atomic E-state index is 0.449. The highest BCUT2D eigenvalue weighted by atomic mass is 15.1. The maximum Gasteiger partial charge on any atom is 0.0574 e. The first-order chi connectivity index (χ1) is 7.86. The van der Waals surface area contributed by atoms with Crippen LogP contribution in [0.2, 0.25) is 0 Å². The van der Waals surface area contributed by atoms with Gasteiger partial charge >= 0.3 is 0 Å². The zero-order valence-electron chi connectivity index (χ0n) is 10.5. The molecule has 16 heavy (non-hydrogen) atoms. The van der Waals surface area contributed by atoms with Crippen molar-refractivity contribution in [2.24, 2.45) is 0 Å². The van der Waals surface area contributed by atoms with E-state index in [2.05, 4.69) is 54.8 Å². The van der Waals surface area contributed by atoms with Gasteiger partial charge in [0, 0.05) is 6.54 Å². The summed E-state index contributed by atoms with van der Waals surface area (Å²) >= 11 is 0. The number of hydrogen-bond acceptors (Lipinski definition) is 2. The van der Waals surface area contributed by atoms with Crippen molar-refractivity contribution >= 4 is 0 Å². The molecule has 0 bridgehead atoms. The van der Waals surface area contributed by atoms with Crippen LogP contribution in [0.15, 0.2) is 30.3 Å². The molecule has 2 heteroatoms. The first-order valence-corrected chi connectivity index (χ1v) is 6.37. The lowest BCUT2D eigenvalue weighted by atomic mass is 10.2. The van der Waals surface area contributed by atoms with E-state index in [-0.39, 0.29) is 0 Å². The van der Waals surface area contributed by atoms with Gasteiger partial charge in [0.05, 0.1) is 6.17 Å². The molecular formula is C14H24N2. The van der Waals surface area contributed by atoms with Crippen molar-refractivity contribution in [3.63, 3.8) is 0 Å². The van der Waals surface area contributed by atoms with E-state index in [1.54, 1.807) is 0 Å². The van der Waals surface area contributed by atoms with E-state index in [1.165, 1.54) is 24.8 Å². The molecule has 90 valence electrons. The highest BCUT2D eigenvalue weighted by Crippen LogP contribution is 2.00. The van der Waals surface area contributed by atoms with Gasteiger partial charge in [-0.3, -0.25) is 5.32 Å². The second kappa shape index (κ2) is 8.31. The molecular weight excluding hydrogens is 196 g/mol. The fraction of sp³-hybridized carbons (Fsp3) is 0.571. The standard InChI is InChI=1S/C14H24N2/c1-3-8-14(15-11-4-2)16-12-13-9-6-5-7-10-13/h5-7,9-10,14-16H,3-4,8,11-12H2,1-2H3. The van der Waals surface area contributed by atoms with Gasteiger partial charge in [0.15, 0.2) is 0 Å². The molecule has 1 aromatic carbocycles. The number of nitrogens with one attached hydrogen (secondary N) is 2. The van der Waals surface area contributed by atoms with Gasteiger partial charge in [-0.05, 0) is 24.9 Å². The van der Waals surface area contributed by atoms with Crippen molar-refractivity contribution in [2.75, 3.05) is 6.54 Å². The molecule has 0 saturated heterocycles. The predicted molar refractivity (Wildman–Crippen MR) is 70.3 cm³/mol. The van der Waals surface area contributed by atoms with Crippen LogP contribution in [0.4, 0.5) is 0 Å². The van der Waals surface area contributed by atoms with Gasteiger partial charge in [-0.25, -0.2) is 0 Å². The van der Waals surface area contributed by atoms with Crippen LogP contribution in [-0.4, -0.2) is 12.7 Å². The lowest BCUT2D eigenvalue weighted by Crippen LogP contribution is -2.42. The van der Waals surface area contributed by atoms with E-state index in [0.717, 1.165) is 13.1 Å². The SMILES string of the molecule is CCCNC(CCC)NCc1ccccc1. The summed E-state index contributed by atoms with van der Waals surface area (Å²) in [6.07, 6.45) is 4.04. The summed E-state index contributed by atoms with van der Waals surface area (Å²) in [7, 11) is 0. The van der Waals surface area contributed by atoms with Gasteiger partial charge in [0.25, 0.3) is 0 Å². The summed E-state index contributed by atoms with van der Waals surface area (Å²) < 4.78 is 0. The maximum atomic E-state index is 3.56. The molecule has 1 rings (SSSR count). The highest BCUT2D eigenvalue weighted by Gasteiger charge is 2.04. The van der Waals surface area contributed by atoms with Crippen LogP contribution >= 0.6 is 0 Å². The molecule has 0 aliphatic carbocycles. The molecule has 0 aliphatic rings. The average Bonchev–Trinajstić information content (AvgIpc) is 2.34. The Morgan fingerprint density at radius 3 is 2.38 bits per heavy atom. The Balaban J connectivity index is 2.31. The molecule has 0 aromatic heterocycles. The maximum absolute atomic E-state index is 3.56. The van der Waals surface area contributed by atoms with Gasteiger partial charge in [-0.2, -0.15) is 0 Å². The molecule has 0 fully saturated rings. The average molecular weight is 220 g/mol. The highest BCUT2D eigenvalue weighted by molar-refractivity contribution is 5.14. The zero-order chi connectivity index (χ0) is 11.6. The fourth-order valence-corrected chi connectivity index (χ4v) is 1.72. The fourth-order valence-electron chi connectivity index (χ4n) is 1.72. The van der Waals surface area contributed by atoms with Crippen molar-refractivity contribution in [2.45, 2.75) is 45.8 Å². The lowest BCUT2D eigenvalue weighted by Gasteiger charge is -2.19. The Morgan fingerprint density at radius 1 is 1.00 bits per heavy atom. The Hall–Kier alpha value is -0.860. The van der Waals surface area contributed by atoms with Crippen molar-refractivity contribution in [1.82, 2.24) is 10.6 Å². The topological polar surface area (TPSA) is 24.1 Å². The van der Waals surface area contributed by atoms with E-state index < -0.39 is 0 Å². The molecule has 0 radical (unpaired) electrons. The van der Waals surface area contributed by atoms with Gasteiger partial charge in [0.2, 0.25) is 0 Å². The van der Waals surface area contributed by atoms with Crippen LogP contribution < -0.4 is 10.6 Å². The quantitative estimate of drug-likeness (QED) is 0.658. The molecule has 0 spiro atoms. The van der Waals surface area contributed by atoms with Crippen LogP contribution in [0.3, 0.4) is 0 Å². The van der Waals surface area contributed by atoms with Crippen molar-refractivity contribution in [3.05, 3.63) is 35.9 Å². The summed E-state index contributed by atoms with van der Waals surface area (Å²) in [5, 5.41) is 7.09. The third-order valence-corrected chi connectivity index (χ3v) is 2.61. The van der Waals surface area contributed by atoms with Gasteiger partial charge < -0.3 is 5.32 Å². The molecule has 0 saturated carbocycles. The van der Waals surface area contributed by atoms with E-state index in [9.17, 15) is 0 Å². The van der Waals surface area contributed by atoms with E-state index in [1.807, 2.05) is 0 Å². The monoisotopic (exact) mass is 220 g/mol. The Bertz CT molecular complexity index is 259. The molecule has 0 heterocycles. The molecule has 1 atom stereocenters. The number of hydrogen-bond donors (Lipinski definition) is 2. The Morgan fingerprint density at radius 2 is 1.75 bits per heavy atom. The second-order valence-electron chi connectivity index (χ2n) is 4.16. The number of rotatable bonds is 8. The van der Waals surface area contributed by atoms with Crippen molar-refractivity contribution in [1.29, 1.82) is 0 Å². The third kappa shape index (κ3) is 5.29. The summed E-state index contributed by atoms with van der Waals surface area (Å²) in [5.41, 5.74) is 1.35. The molecule has 0 amide bonds. The largest absolute Gasteiger partial charge is 0.302 e. The molecule has 0 aliphatic heterocycles. The Kier molecular flexibility index (Phi) is 6.86. The van der Waals surface area contributed by atoms with Gasteiger partial charge in [-0.15, -0.1) is 0 Å². The van der Waals surface area contributed by atoms with E-state index in [0.29, 0.717) is 6.17 Å². The van der Waals surface area contributed by atoms with Crippen LogP contribution in [0.1, 0.15) is 38.7 Å². The minimum Gasteiger partial charge on any atom is -0.302 e. The summed E-state index contributed by atoms with van der Waals surface area (Å²) in [6.45, 7) is 6.46. The first-order valence-electron chi connectivity index (χ1n) is 6.37. The number of benzene rings is 1. The molecule has 2 nitrogen and oxygen atoms in total. The molecule has 1 unspecified atom stereocenters. The summed E-state index contributed by atoms with van der Waals surface area (Å²) in [5.74, 6) is 0. The first kappa shape index (κ1) is 13.2. The Labute approximate surface area is 99.5 Å². The zero-order valence-corrected chi connectivity index (χ0v) is 10.5. The summed E-state index contributed by atoms with van der Waals surface area (Å²) in [4.78, 5) is 0. The van der Waals surface area contributed by atoms with Crippen LogP contribution in [0, 0.1) is 0 Å². The van der Waals surface area contributed by atoms with Crippen LogP contribution in [-0.2, 0) is 6.54 Å². The van der Waals surface area contributed by atoms with E-state index >= 15 is 0 Å². The second-order valence-corrected chi connectivity index (χ2v) is 4.16. The van der Waals surface area contributed by atoms with Crippen molar-refractivity contribution in [3.8, 4) is 0 Å². The molecule has 2 N–H and O–H groups in total. The smallest absolute Gasteiger partial charge is 0.0574 e. The van der Waals surface area contributed by atoms with E-state index in [4.69, 9.17) is 0 Å². The van der Waals surface area contributed by atoms with Crippen molar-refractivity contribution < 1.29 is 0 Å². The lowest BCUT2D eigenvalue weighted by molar-refractivity contribution is 0.396. The third-order valence-electron chi connectivity index (χ3n) is 2.61. The summed E-state index contributed by atoms with van der Waals surface area (Å²) in [6, 6.07) is 10.6. The van der Waals surface area contributed by atoms with Gasteiger partial charge in [-0.1, -0.05) is 50.6 Å². The predicted octanol–water partition coefficient (Wildman–Crippen LogP) is 2.90. The normalized spacial score (nSPS) is 12.6. The van der Waals surface area contributed by atoms with Crippen LogP contribution in [0.5, 0.6) is 0 Å². The van der Waals surface area contributed by atoms with Crippen LogP contribution in [0.25, 0.3) is 0 Å². The molecule has 1 aromatic rings. The minimum absolute atomic E-state index is 0.449. The van der Waals surface area contributed by atoms with Gasteiger partial charge in [0.1, 0.15) is 0 Å².